The van der Waals surface area contributed by atoms with E-state index in [0.717, 1.165) is 56.4 Å². The average molecular weight is 555 g/mol. The topological polar surface area (TPSA) is 89.5 Å². The van der Waals surface area contributed by atoms with E-state index in [0.29, 0.717) is 30.8 Å². The Morgan fingerprint density at radius 2 is 1.32 bits per heavy atom. The summed E-state index contributed by atoms with van der Waals surface area (Å²) in [6.45, 7) is 9.12. The lowest BCUT2D eigenvalue weighted by Crippen LogP contribution is -2.31. The molecule has 8 nitrogen and oxygen atoms in total. The third-order valence-electron chi connectivity index (χ3n) is 6.76. The summed E-state index contributed by atoms with van der Waals surface area (Å²) in [5.41, 5.74) is 0. The van der Waals surface area contributed by atoms with Gasteiger partial charge in [-0.05, 0) is 74.6 Å². The van der Waals surface area contributed by atoms with Crippen LogP contribution in [0.4, 0.5) is 0 Å². The number of esters is 2. The van der Waals surface area contributed by atoms with Crippen molar-refractivity contribution in [1.82, 2.24) is 0 Å². The Balaban J connectivity index is 1.33. The van der Waals surface area contributed by atoms with Crippen molar-refractivity contribution in [3.05, 3.63) is 79.6 Å². The molecule has 40 heavy (non-hydrogen) atoms. The molecule has 2 atom stereocenters. The van der Waals surface area contributed by atoms with Gasteiger partial charge in [-0.1, -0.05) is 37.4 Å². The molecule has 1 aromatic rings. The van der Waals surface area contributed by atoms with Gasteiger partial charge in [-0.2, -0.15) is 0 Å². The number of para-hydroxylation sites is 1. The van der Waals surface area contributed by atoms with Gasteiger partial charge in [0.1, 0.15) is 24.7 Å². The van der Waals surface area contributed by atoms with Gasteiger partial charge in [0, 0.05) is 25.4 Å². The fraction of sp³-hybridized carbons (Fsp3) is 0.500. The summed E-state index contributed by atoms with van der Waals surface area (Å²) in [5, 5.41) is 0. The van der Waals surface area contributed by atoms with E-state index in [1.54, 1.807) is 0 Å². The third kappa shape index (κ3) is 12.2. The zero-order chi connectivity index (χ0) is 28.4. The number of hydrogen-bond acceptors (Lipinski definition) is 8. The van der Waals surface area contributed by atoms with E-state index in [9.17, 15) is 9.59 Å². The third-order valence-corrected chi connectivity index (χ3v) is 6.76. The van der Waals surface area contributed by atoms with Gasteiger partial charge < -0.3 is 28.4 Å². The maximum absolute atomic E-state index is 11.7. The number of carbonyl (C=O) groups is 2. The number of hydrogen-bond donors (Lipinski definition) is 0. The van der Waals surface area contributed by atoms with Crippen molar-refractivity contribution in [3.8, 4) is 5.75 Å². The minimum atomic E-state index is -0.520. The van der Waals surface area contributed by atoms with Gasteiger partial charge in [0.05, 0.1) is 13.2 Å². The molecule has 0 amide bonds. The van der Waals surface area contributed by atoms with E-state index < -0.39 is 24.1 Å². The minimum Gasteiger partial charge on any atom is -0.490 e. The molecule has 1 saturated carbocycles. The highest BCUT2D eigenvalue weighted by molar-refractivity contribution is 5.81. The van der Waals surface area contributed by atoms with Crippen molar-refractivity contribution in [2.45, 2.75) is 50.7 Å². The predicted octanol–water partition coefficient (Wildman–Crippen LogP) is 5.35. The maximum Gasteiger partial charge on any atom is 0.330 e. The lowest BCUT2D eigenvalue weighted by Gasteiger charge is -2.29. The standard InChI is InChI=1S/C32H42O8/c1-3-31(33)39-29(23-37-27-11-7-5-8-12-27)21-35-19-25-15-17-26(18-16-25)20-36-22-30(40-32(34)4-2)24-38-28-13-9-6-10-14-28/h3-5,7-9,11-14,25-26,29-30H,1-2,6,10,15-24H2. The first-order valence-corrected chi connectivity index (χ1v) is 14.0. The van der Waals surface area contributed by atoms with Gasteiger partial charge in [-0.15, -0.1) is 0 Å². The zero-order valence-electron chi connectivity index (χ0n) is 23.2. The number of rotatable bonds is 18. The van der Waals surface area contributed by atoms with Crippen LogP contribution in [0.3, 0.4) is 0 Å². The van der Waals surface area contributed by atoms with Crippen LogP contribution in [0.2, 0.25) is 0 Å². The Morgan fingerprint density at radius 1 is 0.775 bits per heavy atom. The monoisotopic (exact) mass is 554 g/mol. The molecule has 0 radical (unpaired) electrons. The molecule has 3 rings (SSSR count). The van der Waals surface area contributed by atoms with Crippen molar-refractivity contribution < 1.29 is 38.0 Å². The van der Waals surface area contributed by atoms with Crippen LogP contribution in [-0.4, -0.2) is 63.8 Å². The van der Waals surface area contributed by atoms with Crippen LogP contribution in [0.15, 0.2) is 79.6 Å². The van der Waals surface area contributed by atoms with Crippen LogP contribution in [0.1, 0.15) is 38.5 Å². The highest BCUT2D eigenvalue weighted by Crippen LogP contribution is 2.29. The molecule has 0 heterocycles. The molecular formula is C32H42O8. The van der Waals surface area contributed by atoms with Gasteiger partial charge in [0.15, 0.2) is 12.2 Å². The second-order valence-electron chi connectivity index (χ2n) is 10.0. The second kappa shape index (κ2) is 18.1. The fourth-order valence-electron chi connectivity index (χ4n) is 4.55. The van der Waals surface area contributed by atoms with Crippen molar-refractivity contribution in [1.29, 1.82) is 0 Å². The zero-order valence-corrected chi connectivity index (χ0v) is 23.2. The van der Waals surface area contributed by atoms with E-state index in [2.05, 4.69) is 19.2 Å². The fourth-order valence-corrected chi connectivity index (χ4v) is 4.55. The minimum absolute atomic E-state index is 0.204. The molecule has 0 aromatic heterocycles. The quantitative estimate of drug-likeness (QED) is 0.177. The van der Waals surface area contributed by atoms with E-state index in [4.69, 9.17) is 28.4 Å². The van der Waals surface area contributed by atoms with Gasteiger partial charge in [0.25, 0.3) is 0 Å². The molecule has 2 aliphatic rings. The molecule has 0 spiro atoms. The number of ether oxygens (including phenoxy) is 6. The Hall–Kier alpha value is -3.36. The summed E-state index contributed by atoms with van der Waals surface area (Å²) in [6.07, 6.45) is 13.4. The van der Waals surface area contributed by atoms with Gasteiger partial charge >= 0.3 is 11.9 Å². The van der Waals surface area contributed by atoms with Crippen molar-refractivity contribution in [3.63, 3.8) is 0 Å². The van der Waals surface area contributed by atoms with Gasteiger partial charge in [-0.3, -0.25) is 0 Å². The Bertz CT molecular complexity index is 978. The molecule has 0 saturated heterocycles. The summed E-state index contributed by atoms with van der Waals surface area (Å²) in [7, 11) is 0. The molecule has 0 bridgehead atoms. The first-order chi connectivity index (χ1) is 19.6. The molecule has 8 heteroatoms. The van der Waals surface area contributed by atoms with Crippen LogP contribution in [0.5, 0.6) is 5.75 Å². The molecule has 2 unspecified atom stereocenters. The number of carbonyl (C=O) groups excluding carboxylic acids is 2. The molecular weight excluding hydrogens is 512 g/mol. The Labute approximate surface area is 237 Å². The van der Waals surface area contributed by atoms with Gasteiger partial charge in [-0.25, -0.2) is 9.59 Å². The van der Waals surface area contributed by atoms with E-state index in [1.807, 2.05) is 42.5 Å². The summed E-state index contributed by atoms with van der Waals surface area (Å²) in [5.74, 6) is 1.39. The van der Waals surface area contributed by atoms with Crippen LogP contribution in [0.25, 0.3) is 0 Å². The van der Waals surface area contributed by atoms with Crippen LogP contribution in [-0.2, 0) is 33.3 Å². The number of benzene rings is 1. The average Bonchev–Trinajstić information content (AvgIpc) is 3.00. The van der Waals surface area contributed by atoms with Crippen molar-refractivity contribution >= 4 is 11.9 Å². The smallest absolute Gasteiger partial charge is 0.330 e. The first kappa shape index (κ1) is 31.2. The Morgan fingerprint density at radius 3 is 1.82 bits per heavy atom. The SMILES string of the molecule is C=CC(=O)OC(COCC1CCC(COCC(COc2ccccc2)OC(=O)C=C)CC1)COC1=CCCC=C1. The summed E-state index contributed by atoms with van der Waals surface area (Å²) >= 11 is 0. The van der Waals surface area contributed by atoms with Crippen LogP contribution in [0, 0.1) is 11.8 Å². The van der Waals surface area contributed by atoms with Crippen LogP contribution >= 0.6 is 0 Å². The first-order valence-electron chi connectivity index (χ1n) is 14.0. The molecule has 2 aliphatic carbocycles. The molecule has 0 aliphatic heterocycles. The summed E-state index contributed by atoms with van der Waals surface area (Å²) in [4.78, 5) is 23.5. The molecule has 218 valence electrons. The largest absolute Gasteiger partial charge is 0.490 e. The highest BCUT2D eigenvalue weighted by Gasteiger charge is 2.24. The van der Waals surface area contributed by atoms with E-state index in [1.165, 1.54) is 0 Å². The predicted molar refractivity (Wildman–Crippen MR) is 152 cm³/mol. The normalized spacial score (nSPS) is 19.9. The maximum atomic E-state index is 11.7. The van der Waals surface area contributed by atoms with E-state index in [-0.39, 0.29) is 26.4 Å². The number of allylic oxidation sites excluding steroid dienone is 3. The molecule has 0 N–H and O–H groups in total. The van der Waals surface area contributed by atoms with Gasteiger partial charge in [0.2, 0.25) is 0 Å². The lowest BCUT2D eigenvalue weighted by molar-refractivity contribution is -0.150. The summed E-state index contributed by atoms with van der Waals surface area (Å²) < 4.78 is 34.2. The lowest BCUT2D eigenvalue weighted by atomic mass is 9.83. The molecule has 1 aromatic carbocycles. The second-order valence-corrected chi connectivity index (χ2v) is 10.0. The molecule has 1 fully saturated rings. The van der Waals surface area contributed by atoms with Crippen molar-refractivity contribution in [2.24, 2.45) is 11.8 Å². The Kier molecular flexibility index (Phi) is 14.1. The van der Waals surface area contributed by atoms with Crippen LogP contribution < -0.4 is 4.74 Å². The summed E-state index contributed by atoms with van der Waals surface area (Å²) in [6, 6.07) is 9.38. The van der Waals surface area contributed by atoms with E-state index >= 15 is 0 Å². The highest BCUT2D eigenvalue weighted by atomic mass is 16.6. The van der Waals surface area contributed by atoms with Crippen molar-refractivity contribution in [2.75, 3.05) is 39.6 Å².